The van der Waals surface area contributed by atoms with Crippen LogP contribution in [0.25, 0.3) is 0 Å². The molecule has 7 nitrogen and oxygen atoms in total. The van der Waals surface area contributed by atoms with Gasteiger partial charge in [0.2, 0.25) is 5.95 Å². The summed E-state index contributed by atoms with van der Waals surface area (Å²) >= 11 is 1.32. The van der Waals surface area contributed by atoms with Crippen molar-refractivity contribution < 1.29 is 0 Å². The lowest BCUT2D eigenvalue weighted by Gasteiger charge is -2.03. The van der Waals surface area contributed by atoms with E-state index < -0.39 is 0 Å². The Balaban J connectivity index is 1.94. The van der Waals surface area contributed by atoms with E-state index >= 15 is 0 Å². The Bertz CT molecular complexity index is 624. The first-order valence-corrected chi connectivity index (χ1v) is 6.41. The summed E-state index contributed by atoms with van der Waals surface area (Å²) in [5, 5.41) is 7.81. The highest BCUT2D eigenvalue weighted by Crippen LogP contribution is 2.37. The van der Waals surface area contributed by atoms with E-state index in [0.29, 0.717) is 10.2 Å². The number of nitrogens with zero attached hydrogens (tertiary/aromatic N) is 4. The molecule has 0 bridgehead atoms. The molecule has 2 aromatic heterocycles. The van der Waals surface area contributed by atoms with Crippen LogP contribution in [-0.4, -0.2) is 24.7 Å². The SMILES string of the molecule is Cc1cc(Sc2n[nH]c(=O)n2C2CC2)nc(N)n1. The molecule has 1 saturated carbocycles. The Hall–Kier alpha value is -1.83. The smallest absolute Gasteiger partial charge is 0.344 e. The van der Waals surface area contributed by atoms with Gasteiger partial charge in [0.05, 0.1) is 0 Å². The van der Waals surface area contributed by atoms with Crippen LogP contribution in [0.2, 0.25) is 0 Å². The predicted molar refractivity (Wildman–Crippen MR) is 66.4 cm³/mol. The lowest BCUT2D eigenvalue weighted by atomic mass is 10.5. The molecule has 0 radical (unpaired) electrons. The normalized spacial score (nSPS) is 14.9. The first kappa shape index (κ1) is 11.3. The molecule has 0 saturated heterocycles. The van der Waals surface area contributed by atoms with E-state index in [0.717, 1.165) is 18.5 Å². The van der Waals surface area contributed by atoms with Crippen LogP contribution in [0.15, 0.2) is 21.0 Å². The summed E-state index contributed by atoms with van der Waals surface area (Å²) in [7, 11) is 0. The Morgan fingerprint density at radius 1 is 1.50 bits per heavy atom. The van der Waals surface area contributed by atoms with Gasteiger partial charge >= 0.3 is 5.69 Å². The molecule has 3 N–H and O–H groups in total. The van der Waals surface area contributed by atoms with E-state index in [1.807, 2.05) is 13.0 Å². The molecule has 0 spiro atoms. The van der Waals surface area contributed by atoms with E-state index in [4.69, 9.17) is 5.73 Å². The molecular weight excluding hydrogens is 252 g/mol. The highest BCUT2D eigenvalue weighted by Gasteiger charge is 2.28. The maximum absolute atomic E-state index is 11.6. The first-order valence-electron chi connectivity index (χ1n) is 5.59. The van der Waals surface area contributed by atoms with Gasteiger partial charge in [0.15, 0.2) is 5.16 Å². The van der Waals surface area contributed by atoms with Crippen molar-refractivity contribution in [1.29, 1.82) is 0 Å². The van der Waals surface area contributed by atoms with Crippen molar-refractivity contribution in [2.24, 2.45) is 0 Å². The molecule has 2 aromatic rings. The molecular formula is C10H12N6OS. The zero-order chi connectivity index (χ0) is 12.7. The quantitative estimate of drug-likeness (QED) is 0.792. The average molecular weight is 264 g/mol. The number of aromatic nitrogens is 5. The van der Waals surface area contributed by atoms with Gasteiger partial charge in [-0.3, -0.25) is 4.57 Å². The van der Waals surface area contributed by atoms with Crippen molar-refractivity contribution in [3.63, 3.8) is 0 Å². The lowest BCUT2D eigenvalue weighted by molar-refractivity contribution is 0.642. The van der Waals surface area contributed by atoms with Gasteiger partial charge < -0.3 is 5.73 Å². The molecule has 8 heteroatoms. The largest absolute Gasteiger partial charge is 0.368 e. The number of nitrogen functional groups attached to an aromatic ring is 1. The van der Waals surface area contributed by atoms with Crippen molar-refractivity contribution in [2.75, 3.05) is 5.73 Å². The molecule has 1 fully saturated rings. The second-order valence-corrected chi connectivity index (χ2v) is 5.21. The molecule has 1 aliphatic rings. The highest BCUT2D eigenvalue weighted by atomic mass is 32.2. The number of H-pyrrole nitrogens is 1. The van der Waals surface area contributed by atoms with Gasteiger partial charge in [-0.25, -0.2) is 19.9 Å². The van der Waals surface area contributed by atoms with Gasteiger partial charge in [0.25, 0.3) is 0 Å². The number of rotatable bonds is 3. The summed E-state index contributed by atoms with van der Waals surface area (Å²) < 4.78 is 1.68. The van der Waals surface area contributed by atoms with Gasteiger partial charge in [-0.15, -0.1) is 5.10 Å². The third-order valence-electron chi connectivity index (χ3n) is 2.63. The molecule has 2 heterocycles. The zero-order valence-electron chi connectivity index (χ0n) is 9.75. The minimum Gasteiger partial charge on any atom is -0.368 e. The first-order chi connectivity index (χ1) is 8.63. The van der Waals surface area contributed by atoms with Gasteiger partial charge in [-0.05, 0) is 37.6 Å². The molecule has 0 aliphatic heterocycles. The molecule has 0 atom stereocenters. The van der Waals surface area contributed by atoms with Crippen molar-refractivity contribution in [2.45, 2.75) is 36.0 Å². The van der Waals surface area contributed by atoms with E-state index in [1.54, 1.807) is 4.57 Å². The standard InChI is InChI=1S/C10H12N6OS/c1-5-4-7(13-8(11)12-5)18-10-15-14-9(17)16(10)6-2-3-6/h4,6H,2-3H2,1H3,(H,14,17)(H2,11,12,13). The van der Waals surface area contributed by atoms with Crippen LogP contribution in [0, 0.1) is 6.92 Å². The summed E-state index contributed by atoms with van der Waals surface area (Å²) in [6.45, 7) is 1.85. The maximum atomic E-state index is 11.6. The Morgan fingerprint density at radius 3 is 2.94 bits per heavy atom. The van der Waals surface area contributed by atoms with Crippen LogP contribution in [0.5, 0.6) is 0 Å². The van der Waals surface area contributed by atoms with Crippen molar-refractivity contribution >= 4 is 17.7 Å². The average Bonchev–Trinajstić information content (AvgIpc) is 3.04. The maximum Gasteiger partial charge on any atom is 0.344 e. The van der Waals surface area contributed by atoms with Crippen LogP contribution < -0.4 is 11.4 Å². The second-order valence-electron chi connectivity index (χ2n) is 4.22. The number of hydrogen-bond acceptors (Lipinski definition) is 6. The van der Waals surface area contributed by atoms with E-state index in [9.17, 15) is 4.79 Å². The number of nitrogens with one attached hydrogen (secondary N) is 1. The molecule has 1 aliphatic carbocycles. The molecule has 0 aromatic carbocycles. The third-order valence-corrected chi connectivity index (χ3v) is 3.52. The second kappa shape index (κ2) is 4.13. The van der Waals surface area contributed by atoms with Crippen molar-refractivity contribution in [3.8, 4) is 0 Å². The number of anilines is 1. The Kier molecular flexibility index (Phi) is 2.58. The predicted octanol–water partition coefficient (Wildman–Crippen LogP) is 0.738. The van der Waals surface area contributed by atoms with E-state index in [-0.39, 0.29) is 17.7 Å². The topological polar surface area (TPSA) is 102 Å². The molecule has 0 amide bonds. The number of aromatic amines is 1. The molecule has 94 valence electrons. The van der Waals surface area contributed by atoms with Crippen LogP contribution in [0.4, 0.5) is 5.95 Å². The minimum atomic E-state index is -0.168. The van der Waals surface area contributed by atoms with E-state index in [2.05, 4.69) is 20.2 Å². The van der Waals surface area contributed by atoms with E-state index in [1.165, 1.54) is 11.8 Å². The number of hydrogen-bond donors (Lipinski definition) is 2. The van der Waals surface area contributed by atoms with Gasteiger partial charge in [-0.1, -0.05) is 0 Å². The van der Waals surface area contributed by atoms with Gasteiger partial charge in [-0.2, -0.15) is 0 Å². The fourth-order valence-corrected chi connectivity index (χ4v) is 2.70. The summed E-state index contributed by atoms with van der Waals surface area (Å²) in [5.74, 6) is 0.230. The molecule has 0 unspecified atom stereocenters. The van der Waals surface area contributed by atoms with Gasteiger partial charge in [0, 0.05) is 11.7 Å². The number of nitrogens with two attached hydrogens (primary N) is 1. The highest BCUT2D eigenvalue weighted by molar-refractivity contribution is 7.99. The van der Waals surface area contributed by atoms with Crippen LogP contribution in [0.3, 0.4) is 0 Å². The summed E-state index contributed by atoms with van der Waals surface area (Å²) in [6, 6.07) is 2.09. The molecule has 3 rings (SSSR count). The summed E-state index contributed by atoms with van der Waals surface area (Å²) in [4.78, 5) is 19.7. The fourth-order valence-electron chi connectivity index (χ4n) is 1.72. The van der Waals surface area contributed by atoms with Crippen LogP contribution in [-0.2, 0) is 0 Å². The summed E-state index contributed by atoms with van der Waals surface area (Å²) in [5.41, 5.74) is 6.22. The fraction of sp³-hybridized carbons (Fsp3) is 0.400. The lowest BCUT2D eigenvalue weighted by Crippen LogP contribution is -2.16. The Labute approximate surface area is 107 Å². The van der Waals surface area contributed by atoms with Crippen molar-refractivity contribution in [1.82, 2.24) is 24.7 Å². The Morgan fingerprint density at radius 2 is 2.28 bits per heavy atom. The van der Waals surface area contributed by atoms with Crippen LogP contribution in [0.1, 0.15) is 24.6 Å². The number of aryl methyl sites for hydroxylation is 1. The van der Waals surface area contributed by atoms with Crippen LogP contribution >= 0.6 is 11.8 Å². The minimum absolute atomic E-state index is 0.168. The monoisotopic (exact) mass is 264 g/mol. The van der Waals surface area contributed by atoms with Gasteiger partial charge in [0.1, 0.15) is 5.03 Å². The molecule has 18 heavy (non-hydrogen) atoms. The summed E-state index contributed by atoms with van der Waals surface area (Å²) in [6.07, 6.45) is 2.05. The zero-order valence-corrected chi connectivity index (χ0v) is 10.6. The van der Waals surface area contributed by atoms with Crippen molar-refractivity contribution in [3.05, 3.63) is 22.2 Å². The third kappa shape index (κ3) is 2.10.